The van der Waals surface area contributed by atoms with E-state index < -0.39 is 16.0 Å². The maximum atomic E-state index is 12.0. The van der Waals surface area contributed by atoms with Crippen LogP contribution in [0.15, 0.2) is 21.7 Å². The molecule has 3 N–H and O–H groups in total. The molecule has 0 aromatic carbocycles. The zero-order valence-electron chi connectivity index (χ0n) is 10.1. The number of carboxylic acid groups (broad SMARTS) is 1. The van der Waals surface area contributed by atoms with Crippen molar-refractivity contribution in [3.63, 3.8) is 0 Å². The summed E-state index contributed by atoms with van der Waals surface area (Å²) in [5.74, 6) is -1.23. The van der Waals surface area contributed by atoms with Crippen molar-refractivity contribution in [3.8, 4) is 0 Å². The molecule has 0 bridgehead atoms. The van der Waals surface area contributed by atoms with Gasteiger partial charge in [-0.3, -0.25) is 0 Å². The van der Waals surface area contributed by atoms with Crippen molar-refractivity contribution in [3.05, 3.63) is 29.2 Å². The second kappa shape index (κ2) is 4.43. The van der Waals surface area contributed by atoms with E-state index in [9.17, 15) is 13.2 Å². The van der Waals surface area contributed by atoms with Gasteiger partial charge in [-0.1, -0.05) is 5.16 Å². The highest BCUT2D eigenvalue weighted by Gasteiger charge is 2.21. The summed E-state index contributed by atoms with van der Waals surface area (Å²) < 4.78 is 31.0. The van der Waals surface area contributed by atoms with E-state index >= 15 is 0 Å². The van der Waals surface area contributed by atoms with E-state index in [1.165, 1.54) is 0 Å². The number of aromatic nitrogens is 2. The summed E-state index contributed by atoms with van der Waals surface area (Å²) in [5, 5.41) is 12.3. The highest BCUT2D eigenvalue weighted by molar-refractivity contribution is 7.92. The maximum absolute atomic E-state index is 12.0. The molecule has 0 fully saturated rings. The lowest BCUT2D eigenvalue weighted by atomic mass is 10.3. The molecule has 0 amide bonds. The fourth-order valence-electron chi connectivity index (χ4n) is 1.34. The number of sulfonamides is 1. The normalized spacial score (nSPS) is 11.5. The summed E-state index contributed by atoms with van der Waals surface area (Å²) in [6.07, 6.45) is 1.09. The molecule has 0 unspecified atom stereocenters. The second-order valence-corrected chi connectivity index (χ2v) is 5.56. The van der Waals surface area contributed by atoms with E-state index in [4.69, 9.17) is 9.63 Å². The third-order valence-electron chi connectivity index (χ3n) is 2.58. The van der Waals surface area contributed by atoms with Gasteiger partial charge in [0.1, 0.15) is 10.6 Å². The van der Waals surface area contributed by atoms with Gasteiger partial charge in [-0.15, -0.1) is 0 Å². The van der Waals surface area contributed by atoms with Crippen LogP contribution in [0.5, 0.6) is 0 Å². The van der Waals surface area contributed by atoms with Crippen molar-refractivity contribution < 1.29 is 22.8 Å². The predicted molar refractivity (Wildman–Crippen MR) is 64.5 cm³/mol. The number of aromatic carboxylic acids is 1. The molecule has 0 aliphatic heterocycles. The van der Waals surface area contributed by atoms with E-state index in [0.29, 0.717) is 11.3 Å². The van der Waals surface area contributed by atoms with Gasteiger partial charge in [0.05, 0.1) is 5.69 Å². The smallest absolute Gasteiger partial charge is 0.352 e. The first-order valence-corrected chi connectivity index (χ1v) is 6.67. The molecule has 2 aromatic rings. The average molecular weight is 285 g/mol. The molecule has 0 aliphatic rings. The highest BCUT2D eigenvalue weighted by Crippen LogP contribution is 2.22. The Hall–Kier alpha value is -2.29. The molecule has 2 aromatic heterocycles. The van der Waals surface area contributed by atoms with E-state index in [-0.39, 0.29) is 16.5 Å². The molecule has 0 aliphatic carbocycles. The van der Waals surface area contributed by atoms with Gasteiger partial charge >= 0.3 is 5.97 Å². The molecular formula is C10H11N3O5S. The average Bonchev–Trinajstić information content (AvgIpc) is 2.92. The summed E-state index contributed by atoms with van der Waals surface area (Å²) in [6, 6.07) is 1.02. The monoisotopic (exact) mass is 285 g/mol. The molecule has 19 heavy (non-hydrogen) atoms. The van der Waals surface area contributed by atoms with E-state index in [1.54, 1.807) is 13.8 Å². The fourth-order valence-corrected chi connectivity index (χ4v) is 2.38. The lowest BCUT2D eigenvalue weighted by Gasteiger charge is -2.02. The van der Waals surface area contributed by atoms with Crippen LogP contribution in [0.1, 0.15) is 21.7 Å². The van der Waals surface area contributed by atoms with Gasteiger partial charge in [0.25, 0.3) is 10.0 Å². The predicted octanol–water partition coefficient (Wildman–Crippen LogP) is 1.12. The molecular weight excluding hydrogens is 274 g/mol. The number of aromatic amines is 1. The van der Waals surface area contributed by atoms with Gasteiger partial charge in [-0.2, -0.15) is 0 Å². The Kier molecular flexibility index (Phi) is 3.06. The first-order chi connectivity index (χ1) is 8.81. The van der Waals surface area contributed by atoms with Crippen molar-refractivity contribution >= 4 is 21.9 Å². The van der Waals surface area contributed by atoms with Crippen LogP contribution in [-0.4, -0.2) is 29.6 Å². The largest absolute Gasteiger partial charge is 0.477 e. The van der Waals surface area contributed by atoms with Crippen molar-refractivity contribution in [2.24, 2.45) is 0 Å². The van der Waals surface area contributed by atoms with E-state index in [1.807, 2.05) is 0 Å². The highest BCUT2D eigenvalue weighted by atomic mass is 32.2. The number of anilines is 1. The van der Waals surface area contributed by atoms with Crippen molar-refractivity contribution in [1.82, 2.24) is 10.1 Å². The van der Waals surface area contributed by atoms with E-state index in [2.05, 4.69) is 14.9 Å². The van der Waals surface area contributed by atoms with Crippen LogP contribution in [0.3, 0.4) is 0 Å². The molecule has 0 saturated heterocycles. The first kappa shape index (κ1) is 13.1. The van der Waals surface area contributed by atoms with Crippen LogP contribution in [-0.2, 0) is 10.0 Å². The molecule has 2 heterocycles. The molecule has 9 heteroatoms. The quantitative estimate of drug-likeness (QED) is 0.772. The third kappa shape index (κ3) is 2.45. The first-order valence-electron chi connectivity index (χ1n) is 5.18. The summed E-state index contributed by atoms with van der Waals surface area (Å²) in [7, 11) is -3.91. The summed E-state index contributed by atoms with van der Waals surface area (Å²) in [6.45, 7) is 3.33. The minimum absolute atomic E-state index is 0.00979. The standard InChI is InChI=1S/C10H11N3O5S/c1-5-6(2)12-18-9(5)13-19(16,17)7-3-8(10(14)15)11-4-7/h3-4,11,13H,1-2H3,(H,14,15). The molecule has 2 rings (SSSR count). The zero-order chi connectivity index (χ0) is 14.2. The third-order valence-corrected chi connectivity index (χ3v) is 3.89. The number of rotatable bonds is 4. The minimum Gasteiger partial charge on any atom is -0.477 e. The Morgan fingerprint density at radius 3 is 2.63 bits per heavy atom. The Bertz CT molecular complexity index is 728. The molecule has 0 atom stereocenters. The van der Waals surface area contributed by atoms with Gasteiger partial charge in [-0.05, 0) is 19.9 Å². The van der Waals surface area contributed by atoms with Gasteiger partial charge in [0.2, 0.25) is 5.88 Å². The summed E-state index contributed by atoms with van der Waals surface area (Å²) >= 11 is 0. The zero-order valence-corrected chi connectivity index (χ0v) is 10.9. The lowest BCUT2D eigenvalue weighted by molar-refractivity contribution is 0.0691. The van der Waals surface area contributed by atoms with Crippen molar-refractivity contribution in [1.29, 1.82) is 0 Å². The summed E-state index contributed by atoms with van der Waals surface area (Å²) in [4.78, 5) is 12.8. The van der Waals surface area contributed by atoms with Crippen LogP contribution in [0.25, 0.3) is 0 Å². The molecule has 0 spiro atoms. The number of hydrogen-bond acceptors (Lipinski definition) is 5. The number of nitrogens with one attached hydrogen (secondary N) is 2. The number of nitrogens with zero attached hydrogens (tertiary/aromatic N) is 1. The maximum Gasteiger partial charge on any atom is 0.352 e. The van der Waals surface area contributed by atoms with Crippen LogP contribution >= 0.6 is 0 Å². The van der Waals surface area contributed by atoms with Crippen LogP contribution in [0, 0.1) is 13.8 Å². The number of aryl methyl sites for hydroxylation is 1. The Balaban J connectivity index is 2.32. The van der Waals surface area contributed by atoms with Crippen LogP contribution < -0.4 is 4.72 Å². The topological polar surface area (TPSA) is 125 Å². The Morgan fingerprint density at radius 2 is 2.16 bits per heavy atom. The van der Waals surface area contributed by atoms with Gasteiger partial charge in [0, 0.05) is 11.8 Å². The Morgan fingerprint density at radius 1 is 1.47 bits per heavy atom. The molecule has 0 saturated carbocycles. The molecule has 0 radical (unpaired) electrons. The fraction of sp³-hybridized carbons (Fsp3) is 0.200. The second-order valence-electron chi connectivity index (χ2n) is 3.88. The van der Waals surface area contributed by atoms with Crippen LogP contribution in [0.4, 0.5) is 5.88 Å². The van der Waals surface area contributed by atoms with E-state index in [0.717, 1.165) is 12.3 Å². The van der Waals surface area contributed by atoms with Crippen molar-refractivity contribution in [2.45, 2.75) is 18.7 Å². The number of carboxylic acids is 1. The SMILES string of the molecule is Cc1noc(NS(=O)(=O)c2c[nH]c(C(=O)O)c2)c1C. The van der Waals surface area contributed by atoms with Gasteiger partial charge in [0.15, 0.2) is 0 Å². The van der Waals surface area contributed by atoms with Crippen LogP contribution in [0.2, 0.25) is 0 Å². The number of carbonyl (C=O) groups is 1. The molecule has 8 nitrogen and oxygen atoms in total. The Labute approximate surface area is 108 Å². The van der Waals surface area contributed by atoms with Gasteiger partial charge < -0.3 is 14.6 Å². The lowest BCUT2D eigenvalue weighted by Crippen LogP contribution is -2.12. The number of H-pyrrole nitrogens is 1. The minimum atomic E-state index is -3.91. The van der Waals surface area contributed by atoms with Crippen molar-refractivity contribution in [2.75, 3.05) is 4.72 Å². The van der Waals surface area contributed by atoms with Gasteiger partial charge in [-0.25, -0.2) is 17.9 Å². The number of hydrogen-bond donors (Lipinski definition) is 3. The summed E-state index contributed by atoms with van der Waals surface area (Å²) in [5.41, 5.74) is 0.918. The molecule has 102 valence electrons.